The molecule has 2 N–H and O–H groups in total. The minimum absolute atomic E-state index is 0.00278. The molecule has 0 unspecified atom stereocenters. The van der Waals surface area contributed by atoms with E-state index in [0.717, 1.165) is 24.3 Å². The van der Waals surface area contributed by atoms with Crippen LogP contribution in [0.5, 0.6) is 0 Å². The summed E-state index contributed by atoms with van der Waals surface area (Å²) in [5.41, 5.74) is 0.642. The fourth-order valence-electron chi connectivity index (χ4n) is 2.44. The smallest absolute Gasteiger partial charge is 0.337 e. The number of carboxylic acids is 1. The fourth-order valence-corrected chi connectivity index (χ4v) is 3.49. The van der Waals surface area contributed by atoms with Crippen LogP contribution in [-0.4, -0.2) is 32.6 Å². The molecular formula is C17H19FN2O4S. The molecule has 0 aliphatic carbocycles. The lowest BCUT2D eigenvalue weighted by Gasteiger charge is -2.23. The molecule has 2 rings (SSSR count). The van der Waals surface area contributed by atoms with Crippen molar-refractivity contribution in [2.75, 3.05) is 22.7 Å². The predicted octanol–water partition coefficient (Wildman–Crippen LogP) is 3.17. The van der Waals surface area contributed by atoms with Crippen LogP contribution >= 0.6 is 0 Å². The Kier molecular flexibility index (Phi) is 5.63. The summed E-state index contributed by atoms with van der Waals surface area (Å²) in [6, 6.07) is 8.71. The van der Waals surface area contributed by atoms with E-state index >= 15 is 0 Å². The van der Waals surface area contributed by atoms with Gasteiger partial charge in [-0.15, -0.1) is 0 Å². The van der Waals surface area contributed by atoms with Gasteiger partial charge in [0, 0.05) is 18.8 Å². The molecule has 0 spiro atoms. The largest absolute Gasteiger partial charge is 0.478 e. The highest BCUT2D eigenvalue weighted by Crippen LogP contribution is 2.26. The maximum atomic E-state index is 12.9. The van der Waals surface area contributed by atoms with Gasteiger partial charge < -0.3 is 10.0 Å². The topological polar surface area (TPSA) is 86.7 Å². The Morgan fingerprint density at radius 2 is 1.72 bits per heavy atom. The van der Waals surface area contributed by atoms with E-state index in [9.17, 15) is 22.7 Å². The summed E-state index contributed by atoms with van der Waals surface area (Å²) in [5.74, 6) is -1.69. The molecular weight excluding hydrogens is 347 g/mol. The van der Waals surface area contributed by atoms with Gasteiger partial charge in [-0.25, -0.2) is 17.6 Å². The number of hydrogen-bond donors (Lipinski definition) is 2. The number of rotatable bonds is 7. The second-order valence-corrected chi connectivity index (χ2v) is 6.95. The van der Waals surface area contributed by atoms with Crippen molar-refractivity contribution >= 4 is 27.4 Å². The lowest BCUT2D eigenvalue weighted by atomic mass is 10.1. The van der Waals surface area contributed by atoms with Gasteiger partial charge in [-0.3, -0.25) is 4.72 Å². The summed E-state index contributed by atoms with van der Waals surface area (Å²) in [5, 5.41) is 9.43. The SMILES string of the molecule is CCN(CC)c1ccc(NS(=O)(=O)c2ccc(F)cc2)cc1C(=O)O. The summed E-state index contributed by atoms with van der Waals surface area (Å²) in [7, 11) is -3.94. The van der Waals surface area contributed by atoms with Gasteiger partial charge in [-0.05, 0) is 56.3 Å². The molecule has 2 aromatic rings. The van der Waals surface area contributed by atoms with Crippen LogP contribution in [0.15, 0.2) is 47.4 Å². The Labute approximate surface area is 146 Å². The first-order chi connectivity index (χ1) is 11.8. The Morgan fingerprint density at radius 1 is 1.12 bits per heavy atom. The number of halogens is 1. The van der Waals surface area contributed by atoms with Crippen LogP contribution in [0.2, 0.25) is 0 Å². The lowest BCUT2D eigenvalue weighted by Crippen LogP contribution is -2.24. The second kappa shape index (κ2) is 7.52. The van der Waals surface area contributed by atoms with E-state index in [1.165, 1.54) is 12.1 Å². The molecule has 0 fully saturated rings. The van der Waals surface area contributed by atoms with Crippen LogP contribution in [0.3, 0.4) is 0 Å². The summed E-state index contributed by atoms with van der Waals surface area (Å²) in [4.78, 5) is 13.3. The molecule has 8 heteroatoms. The van der Waals surface area contributed by atoms with Gasteiger partial charge in [0.15, 0.2) is 0 Å². The van der Waals surface area contributed by atoms with Crippen LogP contribution in [-0.2, 0) is 10.0 Å². The minimum atomic E-state index is -3.94. The van der Waals surface area contributed by atoms with Crippen molar-refractivity contribution < 1.29 is 22.7 Å². The Balaban J connectivity index is 2.38. The van der Waals surface area contributed by atoms with Crippen molar-refractivity contribution in [1.29, 1.82) is 0 Å². The van der Waals surface area contributed by atoms with Crippen LogP contribution in [0.25, 0.3) is 0 Å². The summed E-state index contributed by atoms with van der Waals surface area (Å²) in [6.45, 7) is 5.05. The molecule has 0 saturated carbocycles. The summed E-state index contributed by atoms with van der Waals surface area (Å²) in [6.07, 6.45) is 0. The van der Waals surface area contributed by atoms with E-state index < -0.39 is 21.8 Å². The zero-order valence-electron chi connectivity index (χ0n) is 13.9. The number of aromatic carboxylic acids is 1. The molecule has 25 heavy (non-hydrogen) atoms. The van der Waals surface area contributed by atoms with E-state index in [4.69, 9.17) is 0 Å². The zero-order valence-corrected chi connectivity index (χ0v) is 14.7. The van der Waals surface area contributed by atoms with Crippen LogP contribution in [0.4, 0.5) is 15.8 Å². The monoisotopic (exact) mass is 366 g/mol. The van der Waals surface area contributed by atoms with E-state index in [0.29, 0.717) is 18.8 Å². The maximum Gasteiger partial charge on any atom is 0.337 e. The number of anilines is 2. The quantitative estimate of drug-likeness (QED) is 0.786. The molecule has 0 radical (unpaired) electrons. The number of nitrogens with zero attached hydrogens (tertiary/aromatic N) is 1. The third kappa shape index (κ3) is 4.27. The van der Waals surface area contributed by atoms with Gasteiger partial charge in [-0.1, -0.05) is 0 Å². The van der Waals surface area contributed by atoms with E-state index in [2.05, 4.69) is 4.72 Å². The fraction of sp³-hybridized carbons (Fsp3) is 0.235. The molecule has 0 atom stereocenters. The number of benzene rings is 2. The van der Waals surface area contributed by atoms with Crippen molar-refractivity contribution in [2.24, 2.45) is 0 Å². The van der Waals surface area contributed by atoms with E-state index in [1.807, 2.05) is 18.7 Å². The minimum Gasteiger partial charge on any atom is -0.478 e. The first-order valence-corrected chi connectivity index (χ1v) is 9.17. The Hall–Kier alpha value is -2.61. The van der Waals surface area contributed by atoms with Crippen molar-refractivity contribution in [3.8, 4) is 0 Å². The van der Waals surface area contributed by atoms with Crippen molar-refractivity contribution in [3.63, 3.8) is 0 Å². The van der Waals surface area contributed by atoms with Crippen molar-refractivity contribution in [1.82, 2.24) is 0 Å². The van der Waals surface area contributed by atoms with Gasteiger partial charge in [0.1, 0.15) is 5.82 Å². The molecule has 0 bridgehead atoms. The van der Waals surface area contributed by atoms with Crippen molar-refractivity contribution in [2.45, 2.75) is 18.7 Å². The highest BCUT2D eigenvalue weighted by molar-refractivity contribution is 7.92. The molecule has 0 aromatic heterocycles. The lowest BCUT2D eigenvalue weighted by molar-refractivity contribution is 0.0697. The summed E-state index contributed by atoms with van der Waals surface area (Å²) >= 11 is 0. The van der Waals surface area contributed by atoms with Crippen molar-refractivity contribution in [3.05, 3.63) is 53.8 Å². The number of carbonyl (C=O) groups is 1. The van der Waals surface area contributed by atoms with Crippen LogP contribution in [0, 0.1) is 5.82 Å². The van der Waals surface area contributed by atoms with Gasteiger partial charge in [-0.2, -0.15) is 0 Å². The van der Waals surface area contributed by atoms with Gasteiger partial charge in [0.25, 0.3) is 10.0 Å². The average molecular weight is 366 g/mol. The third-order valence-electron chi connectivity index (χ3n) is 3.71. The highest BCUT2D eigenvalue weighted by atomic mass is 32.2. The first-order valence-electron chi connectivity index (χ1n) is 7.69. The van der Waals surface area contributed by atoms with E-state index in [1.54, 1.807) is 6.07 Å². The van der Waals surface area contributed by atoms with E-state index in [-0.39, 0.29) is 16.1 Å². The van der Waals surface area contributed by atoms with Gasteiger partial charge in [0.2, 0.25) is 0 Å². The third-order valence-corrected chi connectivity index (χ3v) is 5.10. The zero-order chi connectivity index (χ0) is 18.6. The standard InChI is InChI=1S/C17H19FN2O4S/c1-3-20(4-2)16-10-7-13(11-15(16)17(21)22)19-25(23,24)14-8-5-12(18)6-9-14/h5-11,19H,3-4H2,1-2H3,(H,21,22). The second-order valence-electron chi connectivity index (χ2n) is 5.27. The molecule has 134 valence electrons. The predicted molar refractivity (Wildman–Crippen MR) is 94.2 cm³/mol. The van der Waals surface area contributed by atoms with Gasteiger partial charge in [0.05, 0.1) is 16.1 Å². The molecule has 6 nitrogen and oxygen atoms in total. The van der Waals surface area contributed by atoms with Crippen LogP contribution < -0.4 is 9.62 Å². The molecule has 0 heterocycles. The molecule has 2 aromatic carbocycles. The molecule has 0 saturated heterocycles. The normalized spacial score (nSPS) is 11.2. The summed E-state index contributed by atoms with van der Waals surface area (Å²) < 4.78 is 39.9. The van der Waals surface area contributed by atoms with Crippen LogP contribution in [0.1, 0.15) is 24.2 Å². The molecule has 0 aliphatic rings. The molecule has 0 amide bonds. The Morgan fingerprint density at radius 3 is 2.24 bits per heavy atom. The van der Waals surface area contributed by atoms with Gasteiger partial charge >= 0.3 is 5.97 Å². The number of hydrogen-bond acceptors (Lipinski definition) is 4. The number of sulfonamides is 1. The Bertz CT molecular complexity index is 863. The number of nitrogens with one attached hydrogen (secondary N) is 1. The first kappa shape index (κ1) is 18.7. The average Bonchev–Trinajstić information content (AvgIpc) is 2.57. The molecule has 0 aliphatic heterocycles. The maximum absolute atomic E-state index is 12.9. The number of carboxylic acid groups (broad SMARTS) is 1. The highest BCUT2D eigenvalue weighted by Gasteiger charge is 2.18.